The normalized spacial score (nSPS) is 10.8. The van der Waals surface area contributed by atoms with Crippen molar-refractivity contribution in [1.29, 1.82) is 0 Å². The maximum Gasteiger partial charge on any atom is 0.147 e. The highest BCUT2D eigenvalue weighted by molar-refractivity contribution is 6.32. The van der Waals surface area contributed by atoms with Crippen molar-refractivity contribution in [2.24, 2.45) is 0 Å². The van der Waals surface area contributed by atoms with Crippen LogP contribution in [-0.2, 0) is 0 Å². The number of nitrogens with two attached hydrogens (primary N) is 1. The monoisotopic (exact) mass is 215 g/mol. The molecule has 0 aliphatic heterocycles. The SMILES string of the molecule is CCC=COc1cc(N)c(F)cc1Cl. The minimum absolute atomic E-state index is 0.0225. The molecule has 0 atom stereocenters. The van der Waals surface area contributed by atoms with Gasteiger partial charge >= 0.3 is 0 Å². The van der Waals surface area contributed by atoms with E-state index in [1.165, 1.54) is 12.3 Å². The summed E-state index contributed by atoms with van der Waals surface area (Å²) in [5.41, 5.74) is 5.38. The van der Waals surface area contributed by atoms with Gasteiger partial charge in [0.1, 0.15) is 11.6 Å². The largest absolute Gasteiger partial charge is 0.464 e. The molecule has 0 saturated carbocycles. The summed E-state index contributed by atoms with van der Waals surface area (Å²) in [7, 11) is 0. The fourth-order valence-electron chi connectivity index (χ4n) is 0.853. The van der Waals surface area contributed by atoms with Gasteiger partial charge < -0.3 is 10.5 Å². The van der Waals surface area contributed by atoms with Crippen LogP contribution in [0.2, 0.25) is 5.02 Å². The first-order chi connectivity index (χ1) is 6.65. The Hall–Kier alpha value is -1.22. The number of allylic oxidation sites excluding steroid dienone is 1. The van der Waals surface area contributed by atoms with E-state index in [9.17, 15) is 4.39 Å². The molecule has 76 valence electrons. The molecule has 0 bridgehead atoms. The van der Waals surface area contributed by atoms with Crippen LogP contribution in [0.5, 0.6) is 5.75 Å². The molecule has 0 amide bonds. The molecule has 0 aliphatic rings. The van der Waals surface area contributed by atoms with Gasteiger partial charge in [-0.1, -0.05) is 18.5 Å². The van der Waals surface area contributed by atoms with Crippen molar-refractivity contribution in [3.63, 3.8) is 0 Å². The average Bonchev–Trinajstić information content (AvgIpc) is 2.14. The molecular weight excluding hydrogens is 205 g/mol. The number of rotatable bonds is 3. The Balaban J connectivity index is 2.87. The standard InChI is InChI=1S/C10H11ClFNO/c1-2-3-4-14-10-6-9(13)8(12)5-7(10)11/h3-6H,2,13H2,1H3. The second-order valence-electron chi connectivity index (χ2n) is 2.70. The molecule has 1 aromatic rings. The van der Waals surface area contributed by atoms with Gasteiger partial charge in [0.15, 0.2) is 0 Å². The highest BCUT2D eigenvalue weighted by Crippen LogP contribution is 2.29. The maximum atomic E-state index is 12.9. The minimum Gasteiger partial charge on any atom is -0.464 e. The van der Waals surface area contributed by atoms with Gasteiger partial charge in [-0.3, -0.25) is 0 Å². The smallest absolute Gasteiger partial charge is 0.147 e. The van der Waals surface area contributed by atoms with E-state index in [0.717, 1.165) is 12.5 Å². The van der Waals surface area contributed by atoms with Crippen molar-refractivity contribution in [1.82, 2.24) is 0 Å². The van der Waals surface area contributed by atoms with Crippen molar-refractivity contribution >= 4 is 17.3 Å². The predicted molar refractivity (Wildman–Crippen MR) is 55.9 cm³/mol. The fourth-order valence-corrected chi connectivity index (χ4v) is 1.05. The number of hydrogen-bond donors (Lipinski definition) is 1. The number of ether oxygens (including phenoxy) is 1. The Bertz CT molecular complexity index is 352. The zero-order valence-corrected chi connectivity index (χ0v) is 8.51. The summed E-state index contributed by atoms with van der Waals surface area (Å²) in [6, 6.07) is 2.49. The first-order valence-electron chi connectivity index (χ1n) is 4.21. The van der Waals surface area contributed by atoms with E-state index in [0.29, 0.717) is 5.75 Å². The molecule has 0 radical (unpaired) electrons. The van der Waals surface area contributed by atoms with Crippen LogP contribution in [0.4, 0.5) is 10.1 Å². The van der Waals surface area contributed by atoms with Gasteiger partial charge in [-0.15, -0.1) is 0 Å². The summed E-state index contributed by atoms with van der Waals surface area (Å²) in [4.78, 5) is 0. The second-order valence-corrected chi connectivity index (χ2v) is 3.11. The lowest BCUT2D eigenvalue weighted by molar-refractivity contribution is 0.478. The Labute approximate surface area is 87.1 Å². The van der Waals surface area contributed by atoms with E-state index >= 15 is 0 Å². The molecule has 0 spiro atoms. The van der Waals surface area contributed by atoms with Gasteiger partial charge in [0.05, 0.1) is 17.0 Å². The number of benzene rings is 1. The van der Waals surface area contributed by atoms with Gasteiger partial charge in [0.25, 0.3) is 0 Å². The lowest BCUT2D eigenvalue weighted by Gasteiger charge is -2.04. The topological polar surface area (TPSA) is 35.2 Å². The summed E-state index contributed by atoms with van der Waals surface area (Å²) < 4.78 is 18.0. The molecule has 0 saturated heterocycles. The second kappa shape index (κ2) is 4.86. The van der Waals surface area contributed by atoms with Crippen LogP contribution in [0, 0.1) is 5.82 Å². The van der Waals surface area contributed by atoms with Gasteiger partial charge in [-0.05, 0) is 18.6 Å². The van der Waals surface area contributed by atoms with Gasteiger partial charge in [0.2, 0.25) is 0 Å². The quantitative estimate of drug-likeness (QED) is 0.620. The van der Waals surface area contributed by atoms with Crippen LogP contribution in [0.15, 0.2) is 24.5 Å². The molecule has 14 heavy (non-hydrogen) atoms. The number of halogens is 2. The van der Waals surface area contributed by atoms with Crippen molar-refractivity contribution < 1.29 is 9.13 Å². The van der Waals surface area contributed by atoms with Crippen LogP contribution < -0.4 is 10.5 Å². The van der Waals surface area contributed by atoms with E-state index in [1.807, 2.05) is 13.0 Å². The van der Waals surface area contributed by atoms with E-state index in [-0.39, 0.29) is 10.7 Å². The summed E-state index contributed by atoms with van der Waals surface area (Å²) >= 11 is 5.73. The van der Waals surface area contributed by atoms with E-state index in [2.05, 4.69) is 0 Å². The molecule has 0 fully saturated rings. The van der Waals surface area contributed by atoms with Crippen LogP contribution in [0.1, 0.15) is 13.3 Å². The summed E-state index contributed by atoms with van der Waals surface area (Å²) in [6.45, 7) is 1.97. The Morgan fingerprint density at radius 1 is 1.57 bits per heavy atom. The van der Waals surface area contributed by atoms with Crippen LogP contribution in [0.3, 0.4) is 0 Å². The zero-order valence-electron chi connectivity index (χ0n) is 7.76. The summed E-state index contributed by atoms with van der Waals surface area (Å²) in [5.74, 6) is -0.183. The first-order valence-corrected chi connectivity index (χ1v) is 4.59. The zero-order chi connectivity index (χ0) is 10.6. The fraction of sp³-hybridized carbons (Fsp3) is 0.200. The summed E-state index contributed by atoms with van der Waals surface area (Å²) in [5, 5.41) is 0.206. The molecule has 1 aromatic carbocycles. The third kappa shape index (κ3) is 2.64. The number of anilines is 1. The predicted octanol–water partition coefficient (Wildman–Crippen LogP) is 3.36. The van der Waals surface area contributed by atoms with E-state index in [1.54, 1.807) is 0 Å². The van der Waals surface area contributed by atoms with Crippen LogP contribution in [-0.4, -0.2) is 0 Å². The lowest BCUT2D eigenvalue weighted by Crippen LogP contribution is -1.92. The third-order valence-corrected chi connectivity index (χ3v) is 1.87. The molecule has 0 aliphatic carbocycles. The summed E-state index contributed by atoms with van der Waals surface area (Å²) in [6.07, 6.45) is 4.17. The molecule has 2 nitrogen and oxygen atoms in total. The van der Waals surface area contributed by atoms with Gasteiger partial charge in [-0.25, -0.2) is 4.39 Å². The highest BCUT2D eigenvalue weighted by Gasteiger charge is 2.06. The molecular formula is C10H11ClFNO. The Kier molecular flexibility index (Phi) is 3.77. The van der Waals surface area contributed by atoms with Crippen molar-refractivity contribution in [2.75, 3.05) is 5.73 Å². The minimum atomic E-state index is -0.540. The number of nitrogen functional groups attached to an aromatic ring is 1. The Morgan fingerprint density at radius 2 is 2.29 bits per heavy atom. The molecule has 1 rings (SSSR count). The average molecular weight is 216 g/mol. The molecule has 0 aromatic heterocycles. The molecule has 0 heterocycles. The van der Waals surface area contributed by atoms with Crippen molar-refractivity contribution in [3.8, 4) is 5.75 Å². The third-order valence-electron chi connectivity index (χ3n) is 1.58. The molecule has 4 heteroatoms. The lowest BCUT2D eigenvalue weighted by atomic mass is 10.3. The van der Waals surface area contributed by atoms with Gasteiger partial charge in [-0.2, -0.15) is 0 Å². The van der Waals surface area contributed by atoms with E-state index in [4.69, 9.17) is 22.1 Å². The van der Waals surface area contributed by atoms with Crippen molar-refractivity contribution in [3.05, 3.63) is 35.3 Å². The number of hydrogen-bond acceptors (Lipinski definition) is 2. The highest BCUT2D eigenvalue weighted by atomic mass is 35.5. The molecule has 2 N–H and O–H groups in total. The van der Waals surface area contributed by atoms with Gasteiger partial charge in [0, 0.05) is 6.07 Å². The van der Waals surface area contributed by atoms with Crippen molar-refractivity contribution in [2.45, 2.75) is 13.3 Å². The van der Waals surface area contributed by atoms with Crippen LogP contribution >= 0.6 is 11.6 Å². The Morgan fingerprint density at radius 3 is 2.93 bits per heavy atom. The first kappa shape index (κ1) is 10.9. The van der Waals surface area contributed by atoms with Crippen LogP contribution in [0.25, 0.3) is 0 Å². The molecule has 0 unspecified atom stereocenters. The van der Waals surface area contributed by atoms with E-state index < -0.39 is 5.82 Å². The maximum absolute atomic E-state index is 12.9.